The van der Waals surface area contributed by atoms with Crippen LogP contribution in [0, 0.1) is 6.92 Å². The molecule has 0 atom stereocenters. The van der Waals surface area contributed by atoms with Crippen molar-refractivity contribution in [2.75, 3.05) is 27.2 Å². The second-order valence-electron chi connectivity index (χ2n) is 5.41. The number of nitrogens with one attached hydrogen (secondary N) is 3. The molecule has 2 amide bonds. The molecule has 0 spiro atoms. The van der Waals surface area contributed by atoms with Gasteiger partial charge in [-0.3, -0.25) is 9.59 Å². The molecular formula is C17H26N4O3. The molecule has 0 aliphatic rings. The first-order valence-electron chi connectivity index (χ1n) is 7.81. The van der Waals surface area contributed by atoms with Crippen molar-refractivity contribution >= 4 is 12.3 Å². The maximum atomic E-state index is 12.6. The molecule has 0 bridgehead atoms. The number of rotatable bonds is 10. The predicted molar refractivity (Wildman–Crippen MR) is 92.6 cm³/mol. The number of nitrogens with zero attached hydrogens (tertiary/aromatic N) is 1. The molecule has 0 radical (unpaired) electrons. The van der Waals surface area contributed by atoms with Gasteiger partial charge in [0, 0.05) is 33.8 Å². The molecule has 24 heavy (non-hydrogen) atoms. The van der Waals surface area contributed by atoms with E-state index in [1.807, 2.05) is 31.2 Å². The van der Waals surface area contributed by atoms with Gasteiger partial charge in [-0.25, -0.2) is 0 Å². The Bertz CT molecular complexity index is 570. The maximum Gasteiger partial charge on any atom is 0.273 e. The second kappa shape index (κ2) is 10.3. The summed E-state index contributed by atoms with van der Waals surface area (Å²) in [6.07, 6.45) is 1.00. The lowest BCUT2D eigenvalue weighted by Crippen LogP contribution is -2.39. The van der Waals surface area contributed by atoms with Crippen LogP contribution >= 0.6 is 0 Å². The standard InChI is InChI=1S/C17H26N4O3/c1-13-5-7-14(8-6-13)11-19-15(16(18-2)20-12-23)17(24)21(3)9-4-10-22/h5-8,12,18-19,22H,4,9-11H2,1-3H3,(H,20,23)/b16-15+. The minimum Gasteiger partial charge on any atom is -0.396 e. The third-order valence-electron chi connectivity index (χ3n) is 3.51. The number of aryl methyl sites for hydroxylation is 1. The summed E-state index contributed by atoms with van der Waals surface area (Å²) < 4.78 is 0. The number of likely N-dealkylation sites (N-methyl/N-ethyl adjacent to an activating group) is 1. The molecule has 7 heteroatoms. The molecule has 0 fully saturated rings. The molecule has 0 aliphatic heterocycles. The summed E-state index contributed by atoms with van der Waals surface area (Å²) >= 11 is 0. The Labute approximate surface area is 142 Å². The molecule has 0 unspecified atom stereocenters. The Morgan fingerprint density at radius 1 is 1.29 bits per heavy atom. The Hall–Kier alpha value is -2.54. The molecule has 132 valence electrons. The smallest absolute Gasteiger partial charge is 0.273 e. The number of aliphatic hydroxyl groups excluding tert-OH is 1. The van der Waals surface area contributed by atoms with Gasteiger partial charge in [-0.15, -0.1) is 0 Å². The lowest BCUT2D eigenvalue weighted by Gasteiger charge is -2.22. The highest BCUT2D eigenvalue weighted by Crippen LogP contribution is 2.06. The molecule has 0 aliphatic carbocycles. The van der Waals surface area contributed by atoms with Crippen molar-refractivity contribution in [2.45, 2.75) is 19.9 Å². The zero-order chi connectivity index (χ0) is 17.9. The fourth-order valence-electron chi connectivity index (χ4n) is 2.10. The van der Waals surface area contributed by atoms with Crippen molar-refractivity contribution in [1.29, 1.82) is 0 Å². The maximum absolute atomic E-state index is 12.6. The average molecular weight is 334 g/mol. The minimum absolute atomic E-state index is 0.0128. The summed E-state index contributed by atoms with van der Waals surface area (Å²) in [4.78, 5) is 24.9. The van der Waals surface area contributed by atoms with Gasteiger partial charge in [-0.1, -0.05) is 29.8 Å². The fraction of sp³-hybridized carbons (Fsp3) is 0.412. The van der Waals surface area contributed by atoms with Gasteiger partial charge >= 0.3 is 0 Å². The first-order valence-corrected chi connectivity index (χ1v) is 7.81. The topological polar surface area (TPSA) is 93.7 Å². The van der Waals surface area contributed by atoms with Gasteiger partial charge in [0.2, 0.25) is 6.41 Å². The first kappa shape index (κ1) is 19.5. The molecule has 0 saturated heterocycles. The Kier molecular flexibility index (Phi) is 8.35. The summed E-state index contributed by atoms with van der Waals surface area (Å²) in [5.41, 5.74) is 2.45. The number of benzene rings is 1. The summed E-state index contributed by atoms with van der Waals surface area (Å²) in [6, 6.07) is 7.95. The third kappa shape index (κ3) is 5.92. The largest absolute Gasteiger partial charge is 0.396 e. The number of aliphatic hydroxyl groups is 1. The Morgan fingerprint density at radius 2 is 1.96 bits per heavy atom. The quantitative estimate of drug-likeness (QED) is 0.359. The average Bonchev–Trinajstić information content (AvgIpc) is 2.59. The van der Waals surface area contributed by atoms with E-state index < -0.39 is 0 Å². The number of amides is 2. The van der Waals surface area contributed by atoms with Crippen LogP contribution in [-0.2, 0) is 16.1 Å². The van der Waals surface area contributed by atoms with E-state index in [1.54, 1.807) is 14.1 Å². The van der Waals surface area contributed by atoms with Crippen molar-refractivity contribution in [3.05, 3.63) is 46.9 Å². The predicted octanol–water partition coefficient (Wildman–Crippen LogP) is 0.0599. The first-order chi connectivity index (χ1) is 11.5. The van der Waals surface area contributed by atoms with Crippen molar-refractivity contribution in [3.8, 4) is 0 Å². The normalized spacial score (nSPS) is 11.3. The van der Waals surface area contributed by atoms with Gasteiger partial charge in [0.15, 0.2) is 0 Å². The van der Waals surface area contributed by atoms with Crippen LogP contribution < -0.4 is 16.0 Å². The van der Waals surface area contributed by atoms with Gasteiger partial charge in [-0.05, 0) is 18.9 Å². The van der Waals surface area contributed by atoms with Gasteiger partial charge in [0.1, 0.15) is 11.5 Å². The molecule has 0 aromatic heterocycles. The van der Waals surface area contributed by atoms with Gasteiger partial charge in [-0.2, -0.15) is 0 Å². The summed E-state index contributed by atoms with van der Waals surface area (Å²) in [6.45, 7) is 2.89. The van der Waals surface area contributed by atoms with Crippen molar-refractivity contribution < 1.29 is 14.7 Å². The molecule has 4 N–H and O–H groups in total. The van der Waals surface area contributed by atoms with E-state index in [-0.39, 0.29) is 18.2 Å². The zero-order valence-electron chi connectivity index (χ0n) is 14.4. The van der Waals surface area contributed by atoms with Crippen LogP contribution in [0.25, 0.3) is 0 Å². The van der Waals surface area contributed by atoms with Crippen LogP contribution in [0.15, 0.2) is 35.8 Å². The summed E-state index contributed by atoms with van der Waals surface area (Å²) in [5.74, 6) is 0.0345. The number of carbonyl (C=O) groups excluding carboxylic acids is 2. The van der Waals surface area contributed by atoms with Crippen LogP contribution in [0.4, 0.5) is 0 Å². The molecular weight excluding hydrogens is 308 g/mol. The molecule has 1 aromatic rings. The summed E-state index contributed by atoms with van der Waals surface area (Å²) in [5, 5.41) is 17.3. The Balaban J connectivity index is 2.94. The minimum atomic E-state index is -0.269. The lowest BCUT2D eigenvalue weighted by atomic mass is 10.1. The van der Waals surface area contributed by atoms with Crippen LogP contribution in [0.5, 0.6) is 0 Å². The van der Waals surface area contributed by atoms with Gasteiger partial charge in [0.25, 0.3) is 5.91 Å². The van der Waals surface area contributed by atoms with Crippen LogP contribution in [0.2, 0.25) is 0 Å². The van der Waals surface area contributed by atoms with E-state index in [2.05, 4.69) is 16.0 Å². The van der Waals surface area contributed by atoms with Gasteiger partial charge in [0.05, 0.1) is 0 Å². The Morgan fingerprint density at radius 3 is 2.50 bits per heavy atom. The molecule has 1 aromatic carbocycles. The van der Waals surface area contributed by atoms with Crippen LogP contribution in [0.3, 0.4) is 0 Å². The highest BCUT2D eigenvalue weighted by molar-refractivity contribution is 5.93. The highest BCUT2D eigenvalue weighted by Gasteiger charge is 2.19. The van der Waals surface area contributed by atoms with Crippen LogP contribution in [-0.4, -0.2) is 49.6 Å². The highest BCUT2D eigenvalue weighted by atomic mass is 16.3. The lowest BCUT2D eigenvalue weighted by molar-refractivity contribution is -0.126. The van der Waals surface area contributed by atoms with Crippen molar-refractivity contribution in [2.24, 2.45) is 0 Å². The SMILES string of the molecule is CN/C(NC=O)=C(\NCc1ccc(C)cc1)C(=O)N(C)CCCO. The number of hydrogen-bond acceptors (Lipinski definition) is 5. The number of hydrogen-bond donors (Lipinski definition) is 4. The second-order valence-corrected chi connectivity index (χ2v) is 5.41. The van der Waals surface area contributed by atoms with E-state index in [4.69, 9.17) is 5.11 Å². The third-order valence-corrected chi connectivity index (χ3v) is 3.51. The van der Waals surface area contributed by atoms with Crippen molar-refractivity contribution in [3.63, 3.8) is 0 Å². The van der Waals surface area contributed by atoms with E-state index in [0.29, 0.717) is 31.7 Å². The number of carbonyl (C=O) groups is 2. The molecule has 0 saturated carbocycles. The monoisotopic (exact) mass is 334 g/mol. The zero-order valence-corrected chi connectivity index (χ0v) is 14.4. The summed E-state index contributed by atoms with van der Waals surface area (Å²) in [7, 11) is 3.28. The van der Waals surface area contributed by atoms with E-state index in [0.717, 1.165) is 11.1 Å². The van der Waals surface area contributed by atoms with E-state index in [9.17, 15) is 9.59 Å². The van der Waals surface area contributed by atoms with Crippen molar-refractivity contribution in [1.82, 2.24) is 20.9 Å². The van der Waals surface area contributed by atoms with Gasteiger partial charge < -0.3 is 26.0 Å². The van der Waals surface area contributed by atoms with E-state index in [1.165, 1.54) is 4.90 Å². The molecule has 1 rings (SSSR count). The molecule has 0 heterocycles. The fourth-order valence-corrected chi connectivity index (χ4v) is 2.10. The van der Waals surface area contributed by atoms with Crippen LogP contribution in [0.1, 0.15) is 17.5 Å². The van der Waals surface area contributed by atoms with E-state index >= 15 is 0 Å². The molecule has 7 nitrogen and oxygen atoms in total.